The maximum Gasteiger partial charge on any atom is 0.264 e. The zero-order valence-corrected chi connectivity index (χ0v) is 20.4. The van der Waals surface area contributed by atoms with E-state index in [2.05, 4.69) is 5.32 Å². The largest absolute Gasteiger partial charge is 0.496 e. The number of rotatable bonds is 6. The fourth-order valence-corrected chi connectivity index (χ4v) is 5.44. The maximum absolute atomic E-state index is 13.6. The second-order valence-corrected chi connectivity index (χ2v) is 10.3. The molecule has 2 atom stereocenters. The van der Waals surface area contributed by atoms with E-state index >= 15 is 0 Å². The van der Waals surface area contributed by atoms with Crippen molar-refractivity contribution in [2.75, 3.05) is 18.0 Å². The number of ether oxygens (including phenoxy) is 2. The standard InChI is InChI=1S/C26H28N2O5S/c1-17-9-12-20(13-10-17)34(30,31)28-16-25(33-24-14-11-18(2)15-22(24)28)26(29)27-19(3)21-7-5-6-8-23(21)32-4/h5-15,19,25H,16H2,1-4H3,(H,27,29)/t19-,25+/m0/s1. The van der Waals surface area contributed by atoms with E-state index in [1.807, 2.05) is 51.1 Å². The summed E-state index contributed by atoms with van der Waals surface area (Å²) >= 11 is 0. The highest BCUT2D eigenvalue weighted by Gasteiger charge is 2.38. The topological polar surface area (TPSA) is 84.9 Å². The van der Waals surface area contributed by atoms with Gasteiger partial charge in [-0.1, -0.05) is 42.0 Å². The number of sulfonamides is 1. The van der Waals surface area contributed by atoms with Crippen LogP contribution >= 0.6 is 0 Å². The van der Waals surface area contributed by atoms with E-state index in [4.69, 9.17) is 9.47 Å². The number of amides is 1. The molecule has 4 rings (SSSR count). The number of anilines is 1. The Labute approximate surface area is 200 Å². The summed E-state index contributed by atoms with van der Waals surface area (Å²) in [7, 11) is -2.34. The number of hydrogen-bond acceptors (Lipinski definition) is 5. The Hall–Kier alpha value is -3.52. The second-order valence-electron chi connectivity index (χ2n) is 8.40. The van der Waals surface area contributed by atoms with E-state index in [-0.39, 0.29) is 17.5 Å². The van der Waals surface area contributed by atoms with Gasteiger partial charge in [-0.2, -0.15) is 0 Å². The molecule has 3 aromatic rings. The van der Waals surface area contributed by atoms with Gasteiger partial charge in [-0.25, -0.2) is 8.42 Å². The van der Waals surface area contributed by atoms with Gasteiger partial charge < -0.3 is 14.8 Å². The molecular weight excluding hydrogens is 452 g/mol. The van der Waals surface area contributed by atoms with Crippen molar-refractivity contribution in [3.8, 4) is 11.5 Å². The normalized spacial score (nSPS) is 16.2. The molecule has 0 bridgehead atoms. The molecule has 1 N–H and O–H groups in total. The monoisotopic (exact) mass is 480 g/mol. The highest BCUT2D eigenvalue weighted by atomic mass is 32.2. The predicted molar refractivity (Wildman–Crippen MR) is 131 cm³/mol. The molecule has 8 heteroatoms. The molecule has 34 heavy (non-hydrogen) atoms. The van der Waals surface area contributed by atoms with Crippen LogP contribution in [0.1, 0.15) is 29.7 Å². The van der Waals surface area contributed by atoms with Crippen LogP contribution in [0.25, 0.3) is 0 Å². The quantitative estimate of drug-likeness (QED) is 0.573. The van der Waals surface area contributed by atoms with Crippen LogP contribution < -0.4 is 19.1 Å². The lowest BCUT2D eigenvalue weighted by molar-refractivity contribution is -0.128. The van der Waals surface area contributed by atoms with Crippen LogP contribution in [0.15, 0.2) is 71.6 Å². The van der Waals surface area contributed by atoms with Gasteiger partial charge in [0.05, 0.1) is 30.3 Å². The molecule has 7 nitrogen and oxygen atoms in total. The Morgan fingerprint density at radius 2 is 1.74 bits per heavy atom. The predicted octanol–water partition coefficient (Wildman–Crippen LogP) is 4.15. The molecule has 0 spiro atoms. The van der Waals surface area contributed by atoms with Crippen molar-refractivity contribution < 1.29 is 22.7 Å². The number of aryl methyl sites for hydroxylation is 2. The van der Waals surface area contributed by atoms with Gasteiger partial charge in [0.15, 0.2) is 6.10 Å². The lowest BCUT2D eigenvalue weighted by atomic mass is 10.1. The fourth-order valence-electron chi connectivity index (χ4n) is 3.97. The molecule has 178 valence electrons. The van der Waals surface area contributed by atoms with Crippen molar-refractivity contribution in [2.45, 2.75) is 37.8 Å². The molecule has 1 amide bonds. The number of fused-ring (bicyclic) bond motifs is 1. The van der Waals surface area contributed by atoms with Crippen molar-refractivity contribution in [1.82, 2.24) is 5.32 Å². The first kappa shape index (κ1) is 23.6. The van der Waals surface area contributed by atoms with E-state index in [1.165, 1.54) is 4.31 Å². The average Bonchev–Trinajstić information content (AvgIpc) is 2.83. The first-order chi connectivity index (χ1) is 16.2. The molecule has 0 aromatic heterocycles. The third-order valence-electron chi connectivity index (χ3n) is 5.85. The minimum Gasteiger partial charge on any atom is -0.496 e. The minimum absolute atomic E-state index is 0.142. The molecule has 0 saturated heterocycles. The maximum atomic E-state index is 13.6. The average molecular weight is 481 g/mol. The van der Waals surface area contributed by atoms with Crippen molar-refractivity contribution in [3.63, 3.8) is 0 Å². The number of para-hydroxylation sites is 1. The number of nitrogens with one attached hydrogen (secondary N) is 1. The van der Waals surface area contributed by atoms with Crippen LogP contribution in [0.5, 0.6) is 11.5 Å². The molecule has 3 aromatic carbocycles. The second kappa shape index (κ2) is 9.38. The number of carbonyl (C=O) groups excluding carboxylic acids is 1. The van der Waals surface area contributed by atoms with Gasteiger partial charge >= 0.3 is 0 Å². The summed E-state index contributed by atoms with van der Waals surface area (Å²) in [6.07, 6.45) is -1.02. The van der Waals surface area contributed by atoms with E-state index in [0.29, 0.717) is 17.2 Å². The van der Waals surface area contributed by atoms with Crippen molar-refractivity contribution in [2.24, 2.45) is 0 Å². The van der Waals surface area contributed by atoms with E-state index < -0.39 is 22.0 Å². The molecule has 0 aliphatic carbocycles. The van der Waals surface area contributed by atoms with E-state index in [9.17, 15) is 13.2 Å². The van der Waals surface area contributed by atoms with Gasteiger partial charge in [-0.3, -0.25) is 9.10 Å². The fraction of sp³-hybridized carbons (Fsp3) is 0.269. The molecule has 0 unspecified atom stereocenters. The number of benzene rings is 3. The Morgan fingerprint density at radius 3 is 2.44 bits per heavy atom. The van der Waals surface area contributed by atoms with Crippen LogP contribution in [0, 0.1) is 13.8 Å². The summed E-state index contributed by atoms with van der Waals surface area (Å²) in [6, 6.07) is 19.0. The van der Waals surface area contributed by atoms with Crippen molar-refractivity contribution in [1.29, 1.82) is 0 Å². The lowest BCUT2D eigenvalue weighted by Gasteiger charge is -2.35. The van der Waals surface area contributed by atoms with Crippen molar-refractivity contribution in [3.05, 3.63) is 83.4 Å². The van der Waals surface area contributed by atoms with Gasteiger partial charge in [0.25, 0.3) is 15.9 Å². The van der Waals surface area contributed by atoms with Gasteiger partial charge in [-0.05, 0) is 56.7 Å². The Kier molecular flexibility index (Phi) is 6.52. The third-order valence-corrected chi connectivity index (χ3v) is 7.64. The van der Waals surface area contributed by atoms with Gasteiger partial charge in [0.2, 0.25) is 0 Å². The smallest absolute Gasteiger partial charge is 0.264 e. The molecular formula is C26H28N2O5S. The molecule has 0 fully saturated rings. The molecule has 1 aliphatic heterocycles. The van der Waals surface area contributed by atoms with Crippen LogP contribution in [0.2, 0.25) is 0 Å². The summed E-state index contributed by atoms with van der Waals surface area (Å²) in [5.41, 5.74) is 3.08. The van der Waals surface area contributed by atoms with Gasteiger partial charge in [-0.15, -0.1) is 0 Å². The summed E-state index contributed by atoms with van der Waals surface area (Å²) in [4.78, 5) is 13.4. The zero-order valence-electron chi connectivity index (χ0n) is 19.6. The van der Waals surface area contributed by atoms with Crippen molar-refractivity contribution >= 4 is 21.6 Å². The van der Waals surface area contributed by atoms with Crippen LogP contribution in [0.3, 0.4) is 0 Å². The minimum atomic E-state index is -3.91. The number of methoxy groups -OCH3 is 1. The lowest BCUT2D eigenvalue weighted by Crippen LogP contribution is -2.51. The Bertz CT molecular complexity index is 1310. The highest BCUT2D eigenvalue weighted by Crippen LogP contribution is 2.38. The number of carbonyl (C=O) groups is 1. The third kappa shape index (κ3) is 4.59. The number of nitrogens with zero attached hydrogens (tertiary/aromatic N) is 1. The van der Waals surface area contributed by atoms with E-state index in [1.54, 1.807) is 43.5 Å². The zero-order chi connectivity index (χ0) is 24.5. The summed E-state index contributed by atoms with van der Waals surface area (Å²) in [5.74, 6) is 0.593. The van der Waals surface area contributed by atoms with Crippen LogP contribution in [0.4, 0.5) is 5.69 Å². The molecule has 1 aliphatic rings. The number of hydrogen-bond donors (Lipinski definition) is 1. The molecule has 0 radical (unpaired) electrons. The summed E-state index contributed by atoms with van der Waals surface area (Å²) in [5, 5.41) is 2.94. The van der Waals surface area contributed by atoms with Crippen LogP contribution in [-0.4, -0.2) is 34.1 Å². The SMILES string of the molecule is COc1ccccc1[C@H](C)NC(=O)[C@H]1CN(S(=O)(=O)c2ccc(C)cc2)c2cc(C)ccc2O1. The van der Waals surface area contributed by atoms with Gasteiger partial charge in [0, 0.05) is 5.56 Å². The first-order valence-electron chi connectivity index (χ1n) is 11.0. The van der Waals surface area contributed by atoms with E-state index in [0.717, 1.165) is 16.7 Å². The Balaban J connectivity index is 1.65. The summed E-state index contributed by atoms with van der Waals surface area (Å²) in [6.45, 7) is 5.48. The van der Waals surface area contributed by atoms with Crippen LogP contribution in [-0.2, 0) is 14.8 Å². The summed E-state index contributed by atoms with van der Waals surface area (Å²) < 4.78 is 39.8. The first-order valence-corrected chi connectivity index (χ1v) is 12.4. The highest BCUT2D eigenvalue weighted by molar-refractivity contribution is 7.92. The Morgan fingerprint density at radius 1 is 1.06 bits per heavy atom. The van der Waals surface area contributed by atoms with Gasteiger partial charge in [0.1, 0.15) is 11.5 Å². The molecule has 1 heterocycles. The molecule has 0 saturated carbocycles.